The predicted molar refractivity (Wildman–Crippen MR) is 117 cm³/mol. The number of aromatic nitrogens is 2. The van der Waals surface area contributed by atoms with Crippen molar-refractivity contribution in [1.82, 2.24) is 9.66 Å². The van der Waals surface area contributed by atoms with Gasteiger partial charge in [-0.25, -0.2) is 14.1 Å². The van der Waals surface area contributed by atoms with Gasteiger partial charge in [0, 0.05) is 29.3 Å². The molecule has 0 bridgehead atoms. The van der Waals surface area contributed by atoms with Gasteiger partial charge in [-0.1, -0.05) is 31.5 Å². The summed E-state index contributed by atoms with van der Waals surface area (Å²) in [5.41, 5.74) is 3.29. The van der Waals surface area contributed by atoms with Crippen LogP contribution in [-0.2, 0) is 0 Å². The number of rotatable bonds is 4. The number of pyridine rings is 1. The van der Waals surface area contributed by atoms with E-state index in [0.29, 0.717) is 0 Å². The van der Waals surface area contributed by atoms with Gasteiger partial charge in [0.25, 0.3) is 0 Å². The van der Waals surface area contributed by atoms with Gasteiger partial charge in [0.1, 0.15) is 5.75 Å². The van der Waals surface area contributed by atoms with E-state index < -0.39 is 0 Å². The van der Waals surface area contributed by atoms with Crippen molar-refractivity contribution in [3.63, 3.8) is 0 Å². The molecule has 4 nitrogen and oxygen atoms in total. The lowest BCUT2D eigenvalue weighted by molar-refractivity contribution is 0.632. The molecule has 25 heavy (non-hydrogen) atoms. The molecule has 3 aromatic rings. The highest BCUT2D eigenvalue weighted by Gasteiger charge is 2.12. The van der Waals surface area contributed by atoms with Crippen molar-refractivity contribution in [3.8, 4) is 5.75 Å². The molecule has 0 N–H and O–H groups in total. The first-order valence-corrected chi connectivity index (χ1v) is 9.32. The molecule has 0 atom stereocenters. The number of halogens is 1. The molecule has 0 saturated carbocycles. The lowest BCUT2D eigenvalue weighted by Crippen LogP contribution is -2.22. The van der Waals surface area contributed by atoms with Crippen LogP contribution >= 0.6 is 41.7 Å². The van der Waals surface area contributed by atoms with Gasteiger partial charge in [0.2, 0.25) is 0 Å². The van der Waals surface area contributed by atoms with Gasteiger partial charge >= 0.3 is 0 Å². The Morgan fingerprint density at radius 1 is 1.16 bits per heavy atom. The highest BCUT2D eigenvalue weighted by Crippen LogP contribution is 2.25. The third-order valence-electron chi connectivity index (χ3n) is 3.36. The first-order valence-electron chi connectivity index (χ1n) is 7.83. The third kappa shape index (κ3) is 5.33. The van der Waals surface area contributed by atoms with Crippen molar-refractivity contribution >= 4 is 52.7 Å². The number of hydrogen-bond acceptors (Lipinski definition) is 4. The maximum absolute atomic E-state index is 5.74. The molecule has 2 aromatic heterocycles. The molecule has 1 aromatic carbocycles. The third-order valence-corrected chi connectivity index (χ3v) is 4.45. The highest BCUT2D eigenvalue weighted by atomic mass is 79.9. The van der Waals surface area contributed by atoms with Crippen molar-refractivity contribution < 1.29 is 4.18 Å². The van der Waals surface area contributed by atoms with Crippen molar-refractivity contribution in [3.05, 3.63) is 58.3 Å². The van der Waals surface area contributed by atoms with Gasteiger partial charge < -0.3 is 4.18 Å². The van der Waals surface area contributed by atoms with Crippen molar-refractivity contribution in [2.75, 3.05) is 11.5 Å². The average molecular weight is 442 g/mol. The van der Waals surface area contributed by atoms with Gasteiger partial charge in [-0.3, -0.25) is 0 Å². The van der Waals surface area contributed by atoms with E-state index in [9.17, 15) is 0 Å². The second kappa shape index (κ2) is 9.99. The van der Waals surface area contributed by atoms with E-state index in [1.807, 2.05) is 54.3 Å². The summed E-state index contributed by atoms with van der Waals surface area (Å²) < 4.78 is 10.6. The standard InChI is InChI=1S/C16H16BrN3OS.C2H6.H2S/c1-11-4-6-14(7-5-11)21-22-19(3)20-10-12(2)15-8-13(17)9-18-16(15)20;1-2;/h4-10H,1-3H3;1-2H3;1H2. The molecule has 0 radical (unpaired) electrons. The molecule has 0 fully saturated rings. The Morgan fingerprint density at radius 2 is 1.80 bits per heavy atom. The smallest absolute Gasteiger partial charge is 0.195 e. The molecular formula is C18H24BrN3OS2. The molecule has 7 heteroatoms. The lowest BCUT2D eigenvalue weighted by Gasteiger charge is -2.18. The minimum atomic E-state index is 0. The molecule has 0 aliphatic rings. The molecule has 3 rings (SSSR count). The Kier molecular flexibility index (Phi) is 8.68. The van der Waals surface area contributed by atoms with Gasteiger partial charge in [-0.2, -0.15) is 13.5 Å². The first-order chi connectivity index (χ1) is 11.5. The van der Waals surface area contributed by atoms with E-state index >= 15 is 0 Å². The number of nitrogens with zero attached hydrogens (tertiary/aromatic N) is 3. The lowest BCUT2D eigenvalue weighted by atomic mass is 10.2. The van der Waals surface area contributed by atoms with Crippen LogP contribution in [0.5, 0.6) is 5.75 Å². The zero-order chi connectivity index (χ0) is 17.7. The normalized spacial score (nSPS) is 9.84. The fourth-order valence-electron chi connectivity index (χ4n) is 2.16. The van der Waals surface area contributed by atoms with E-state index in [1.54, 1.807) is 6.20 Å². The van der Waals surface area contributed by atoms with Crippen molar-refractivity contribution in [2.24, 2.45) is 0 Å². The van der Waals surface area contributed by atoms with Gasteiger partial charge in [-0.05, 0) is 53.5 Å². The fourth-order valence-corrected chi connectivity index (χ4v) is 2.99. The second-order valence-corrected chi connectivity index (χ2v) is 6.88. The summed E-state index contributed by atoms with van der Waals surface area (Å²) in [6, 6.07) is 10.1. The summed E-state index contributed by atoms with van der Waals surface area (Å²) in [5.74, 6) is 0.825. The van der Waals surface area contributed by atoms with E-state index in [0.717, 1.165) is 21.3 Å². The zero-order valence-corrected chi connectivity index (χ0v) is 18.5. The van der Waals surface area contributed by atoms with Gasteiger partial charge in [0.05, 0.1) is 0 Å². The Morgan fingerprint density at radius 3 is 2.44 bits per heavy atom. The maximum Gasteiger partial charge on any atom is 0.195 e. The Labute approximate surface area is 169 Å². The number of benzene rings is 1. The van der Waals surface area contributed by atoms with E-state index in [2.05, 4.69) is 47.0 Å². The molecule has 0 spiro atoms. The van der Waals surface area contributed by atoms with Crippen LogP contribution in [0.25, 0.3) is 11.0 Å². The van der Waals surface area contributed by atoms with Crippen LogP contribution in [-0.4, -0.2) is 16.7 Å². The molecule has 0 amide bonds. The van der Waals surface area contributed by atoms with Crippen LogP contribution in [0.2, 0.25) is 0 Å². The predicted octanol–water partition coefficient (Wildman–Crippen LogP) is 5.76. The van der Waals surface area contributed by atoms with Crippen LogP contribution in [0.15, 0.2) is 47.2 Å². The summed E-state index contributed by atoms with van der Waals surface area (Å²) in [5, 5.41) is 1.12. The zero-order valence-electron chi connectivity index (χ0n) is 15.1. The minimum absolute atomic E-state index is 0. The molecule has 0 aliphatic carbocycles. The monoisotopic (exact) mass is 441 g/mol. The average Bonchev–Trinajstić information content (AvgIpc) is 2.92. The summed E-state index contributed by atoms with van der Waals surface area (Å²) in [4.78, 5) is 4.49. The van der Waals surface area contributed by atoms with E-state index in [1.165, 1.54) is 23.4 Å². The summed E-state index contributed by atoms with van der Waals surface area (Å²) in [6.07, 6.45) is 3.85. The van der Waals surface area contributed by atoms with Crippen LogP contribution in [0.4, 0.5) is 0 Å². The van der Waals surface area contributed by atoms with Gasteiger partial charge in [-0.15, -0.1) is 0 Å². The Hall–Kier alpha value is -1.31. The number of hydrogen-bond donors (Lipinski definition) is 0. The van der Waals surface area contributed by atoms with E-state index in [-0.39, 0.29) is 13.5 Å². The van der Waals surface area contributed by atoms with Crippen LogP contribution in [0.3, 0.4) is 0 Å². The molecule has 2 heterocycles. The fraction of sp³-hybridized carbons (Fsp3) is 0.278. The van der Waals surface area contributed by atoms with Crippen molar-refractivity contribution in [1.29, 1.82) is 0 Å². The molecule has 136 valence electrons. The number of aryl methyl sites for hydroxylation is 2. The highest BCUT2D eigenvalue weighted by molar-refractivity contribution is 9.10. The largest absolute Gasteiger partial charge is 0.404 e. The van der Waals surface area contributed by atoms with Crippen molar-refractivity contribution in [2.45, 2.75) is 27.7 Å². The van der Waals surface area contributed by atoms with E-state index in [4.69, 9.17) is 4.18 Å². The number of fused-ring (bicyclic) bond motifs is 1. The molecule has 0 unspecified atom stereocenters. The maximum atomic E-state index is 5.74. The quantitative estimate of drug-likeness (QED) is 0.379. The molecule has 0 aliphatic heterocycles. The Balaban J connectivity index is 0.00000101. The molecule has 0 saturated heterocycles. The Bertz CT molecular complexity index is 806. The molecular weight excluding hydrogens is 418 g/mol. The summed E-state index contributed by atoms with van der Waals surface area (Å²) >= 11 is 4.73. The summed E-state index contributed by atoms with van der Waals surface area (Å²) in [7, 11) is 1.95. The second-order valence-electron chi connectivity index (χ2n) is 5.12. The van der Waals surface area contributed by atoms with Crippen LogP contribution in [0.1, 0.15) is 25.0 Å². The first kappa shape index (κ1) is 21.7. The minimum Gasteiger partial charge on any atom is -0.404 e. The van der Waals surface area contributed by atoms with Crippen LogP contribution in [0, 0.1) is 13.8 Å². The SMILES string of the molecule is CC.Cc1ccc(OSN(C)n2cc(C)c3cc(Br)cnc32)cc1.S. The summed E-state index contributed by atoms with van der Waals surface area (Å²) in [6.45, 7) is 8.13. The van der Waals surface area contributed by atoms with Gasteiger partial charge in [0.15, 0.2) is 17.9 Å². The topological polar surface area (TPSA) is 30.3 Å². The van der Waals surface area contributed by atoms with Crippen LogP contribution < -0.4 is 8.60 Å².